The number of hydrogen-bond acceptors (Lipinski definition) is 2. The average molecular weight is 206 g/mol. The van der Waals surface area contributed by atoms with Gasteiger partial charge in [-0.05, 0) is 32.7 Å². The van der Waals surface area contributed by atoms with Crippen molar-refractivity contribution in [2.75, 3.05) is 7.05 Å². The molecule has 2 aliphatic carbocycles. The van der Waals surface area contributed by atoms with Gasteiger partial charge in [0.2, 0.25) is 0 Å². The molecular formula is C13H22N2. The molecule has 0 bridgehead atoms. The van der Waals surface area contributed by atoms with Crippen molar-refractivity contribution >= 4 is 0 Å². The molecular weight excluding hydrogens is 184 g/mol. The van der Waals surface area contributed by atoms with Gasteiger partial charge < -0.3 is 0 Å². The summed E-state index contributed by atoms with van der Waals surface area (Å²) in [5, 5.41) is 9.18. The molecule has 2 fully saturated rings. The summed E-state index contributed by atoms with van der Waals surface area (Å²) in [7, 11) is 2.25. The Hall–Kier alpha value is -0.550. The fourth-order valence-corrected chi connectivity index (χ4v) is 3.33. The lowest BCUT2D eigenvalue weighted by Crippen LogP contribution is -2.44. The molecule has 0 spiro atoms. The van der Waals surface area contributed by atoms with E-state index in [9.17, 15) is 5.26 Å². The summed E-state index contributed by atoms with van der Waals surface area (Å²) in [4.78, 5) is 2.53. The molecule has 2 nitrogen and oxygen atoms in total. The Bertz CT molecular complexity index is 237. The Morgan fingerprint density at radius 2 is 1.60 bits per heavy atom. The lowest BCUT2D eigenvalue weighted by molar-refractivity contribution is 0.112. The van der Waals surface area contributed by atoms with E-state index in [0.717, 1.165) is 12.5 Å². The van der Waals surface area contributed by atoms with Gasteiger partial charge in [0.15, 0.2) is 0 Å². The second-order valence-electron chi connectivity index (χ2n) is 5.19. The monoisotopic (exact) mass is 206 g/mol. The van der Waals surface area contributed by atoms with Crippen molar-refractivity contribution in [2.45, 2.75) is 63.5 Å². The third-order valence-corrected chi connectivity index (χ3v) is 4.32. The van der Waals surface area contributed by atoms with Gasteiger partial charge in [-0.1, -0.05) is 25.7 Å². The van der Waals surface area contributed by atoms with Gasteiger partial charge in [0, 0.05) is 12.1 Å². The molecule has 2 rings (SSSR count). The molecule has 2 unspecified atom stereocenters. The van der Waals surface area contributed by atoms with Gasteiger partial charge in [-0.15, -0.1) is 0 Å². The number of rotatable bonds is 2. The zero-order chi connectivity index (χ0) is 10.7. The van der Waals surface area contributed by atoms with Crippen LogP contribution >= 0.6 is 0 Å². The van der Waals surface area contributed by atoms with E-state index in [1.807, 2.05) is 0 Å². The van der Waals surface area contributed by atoms with Crippen LogP contribution in [0.1, 0.15) is 51.4 Å². The molecule has 0 N–H and O–H groups in total. The van der Waals surface area contributed by atoms with E-state index in [4.69, 9.17) is 0 Å². The average Bonchev–Trinajstić information content (AvgIpc) is 2.81. The molecule has 2 saturated carbocycles. The van der Waals surface area contributed by atoms with Gasteiger partial charge in [0.1, 0.15) is 0 Å². The molecule has 2 heteroatoms. The zero-order valence-electron chi connectivity index (χ0n) is 9.78. The smallest absolute Gasteiger partial charge is 0.0672 e. The van der Waals surface area contributed by atoms with Gasteiger partial charge in [-0.3, -0.25) is 4.90 Å². The Kier molecular flexibility index (Phi) is 3.64. The van der Waals surface area contributed by atoms with E-state index in [1.54, 1.807) is 0 Å². The molecule has 0 aliphatic heterocycles. The van der Waals surface area contributed by atoms with Gasteiger partial charge in [-0.25, -0.2) is 0 Å². The normalized spacial score (nSPS) is 33.1. The number of nitrogens with zero attached hydrogens (tertiary/aromatic N) is 2. The van der Waals surface area contributed by atoms with Crippen LogP contribution in [0.4, 0.5) is 0 Å². The molecule has 2 aliphatic rings. The van der Waals surface area contributed by atoms with Gasteiger partial charge in [0.25, 0.3) is 0 Å². The Morgan fingerprint density at radius 3 is 2.27 bits per heavy atom. The predicted molar refractivity (Wildman–Crippen MR) is 61.4 cm³/mol. The summed E-state index contributed by atoms with van der Waals surface area (Å²) in [6.45, 7) is 0. The highest BCUT2D eigenvalue weighted by atomic mass is 15.2. The summed E-state index contributed by atoms with van der Waals surface area (Å²) < 4.78 is 0. The standard InChI is InChI=1S/C13H22N2/c1-15(12-7-3-4-8-12)13-9-5-2-6-11(13)10-14/h11-13H,2-9H2,1H3. The second-order valence-corrected chi connectivity index (χ2v) is 5.19. The molecule has 2 atom stereocenters. The highest BCUT2D eigenvalue weighted by molar-refractivity contribution is 4.96. The van der Waals surface area contributed by atoms with Crippen LogP contribution in [0, 0.1) is 17.2 Å². The maximum Gasteiger partial charge on any atom is 0.0672 e. The van der Waals surface area contributed by atoms with Crippen molar-refractivity contribution in [3.8, 4) is 6.07 Å². The second kappa shape index (κ2) is 4.99. The largest absolute Gasteiger partial charge is 0.299 e. The maximum atomic E-state index is 9.18. The maximum absolute atomic E-state index is 9.18. The van der Waals surface area contributed by atoms with Crippen LogP contribution in [-0.4, -0.2) is 24.0 Å². The van der Waals surface area contributed by atoms with Crippen LogP contribution < -0.4 is 0 Å². The molecule has 0 aromatic heterocycles. The van der Waals surface area contributed by atoms with Crippen molar-refractivity contribution in [3.63, 3.8) is 0 Å². The Labute approximate surface area is 93.3 Å². The first-order valence-corrected chi connectivity index (χ1v) is 6.44. The minimum atomic E-state index is 0.296. The van der Waals surface area contributed by atoms with E-state index in [2.05, 4.69) is 18.0 Å². The first kappa shape index (κ1) is 11.0. The van der Waals surface area contributed by atoms with Gasteiger partial charge >= 0.3 is 0 Å². The van der Waals surface area contributed by atoms with E-state index in [-0.39, 0.29) is 0 Å². The summed E-state index contributed by atoms with van der Waals surface area (Å²) in [5.74, 6) is 0.296. The number of nitriles is 1. The summed E-state index contributed by atoms with van der Waals surface area (Å²) >= 11 is 0. The third-order valence-electron chi connectivity index (χ3n) is 4.32. The number of hydrogen-bond donors (Lipinski definition) is 0. The summed E-state index contributed by atoms with van der Waals surface area (Å²) in [6.07, 6.45) is 10.4. The van der Waals surface area contributed by atoms with Crippen LogP contribution in [0.15, 0.2) is 0 Å². The van der Waals surface area contributed by atoms with Crippen molar-refractivity contribution in [1.29, 1.82) is 5.26 Å². The van der Waals surface area contributed by atoms with Gasteiger partial charge in [0.05, 0.1) is 12.0 Å². The van der Waals surface area contributed by atoms with Crippen molar-refractivity contribution < 1.29 is 0 Å². The van der Waals surface area contributed by atoms with Crippen molar-refractivity contribution in [3.05, 3.63) is 0 Å². The van der Waals surface area contributed by atoms with Crippen LogP contribution in [0.3, 0.4) is 0 Å². The fraction of sp³-hybridized carbons (Fsp3) is 0.923. The Balaban J connectivity index is 1.97. The third kappa shape index (κ3) is 2.34. The van der Waals surface area contributed by atoms with E-state index < -0.39 is 0 Å². The highest BCUT2D eigenvalue weighted by Gasteiger charge is 2.32. The first-order valence-electron chi connectivity index (χ1n) is 6.44. The predicted octanol–water partition coefficient (Wildman–Crippen LogP) is 2.94. The molecule has 84 valence electrons. The molecule has 15 heavy (non-hydrogen) atoms. The molecule has 0 radical (unpaired) electrons. The molecule has 0 aromatic rings. The van der Waals surface area contributed by atoms with Crippen LogP contribution in [0.2, 0.25) is 0 Å². The summed E-state index contributed by atoms with van der Waals surface area (Å²) in [6, 6.07) is 3.83. The molecule has 0 amide bonds. The van der Waals surface area contributed by atoms with Crippen molar-refractivity contribution in [1.82, 2.24) is 4.90 Å². The van der Waals surface area contributed by atoms with E-state index >= 15 is 0 Å². The lowest BCUT2D eigenvalue weighted by Gasteiger charge is -2.38. The molecule has 0 aromatic carbocycles. The summed E-state index contributed by atoms with van der Waals surface area (Å²) in [5.41, 5.74) is 0. The quantitative estimate of drug-likeness (QED) is 0.694. The van der Waals surface area contributed by atoms with E-state index in [1.165, 1.54) is 44.9 Å². The van der Waals surface area contributed by atoms with E-state index in [0.29, 0.717) is 12.0 Å². The minimum absolute atomic E-state index is 0.296. The fourth-order valence-electron chi connectivity index (χ4n) is 3.33. The minimum Gasteiger partial charge on any atom is -0.299 e. The zero-order valence-corrected chi connectivity index (χ0v) is 9.78. The van der Waals surface area contributed by atoms with Crippen LogP contribution in [0.25, 0.3) is 0 Å². The molecule has 0 saturated heterocycles. The van der Waals surface area contributed by atoms with Crippen molar-refractivity contribution in [2.24, 2.45) is 5.92 Å². The van der Waals surface area contributed by atoms with Crippen LogP contribution in [0.5, 0.6) is 0 Å². The topological polar surface area (TPSA) is 27.0 Å². The van der Waals surface area contributed by atoms with Crippen LogP contribution in [-0.2, 0) is 0 Å². The molecule has 0 heterocycles. The first-order chi connectivity index (χ1) is 7.33. The van der Waals surface area contributed by atoms with Gasteiger partial charge in [-0.2, -0.15) is 5.26 Å². The highest BCUT2D eigenvalue weighted by Crippen LogP contribution is 2.32. The Morgan fingerprint density at radius 1 is 1.00 bits per heavy atom. The lowest BCUT2D eigenvalue weighted by atomic mass is 9.84. The SMILES string of the molecule is CN(C1CCCC1)C1CCCCC1C#N.